The van der Waals surface area contributed by atoms with Gasteiger partial charge < -0.3 is 10.1 Å². The third-order valence-corrected chi connectivity index (χ3v) is 3.33. The third kappa shape index (κ3) is 2.64. The Morgan fingerprint density at radius 2 is 2.41 bits per heavy atom. The molecule has 0 aromatic carbocycles. The van der Waals surface area contributed by atoms with Crippen molar-refractivity contribution in [3.05, 3.63) is 29.8 Å². The van der Waals surface area contributed by atoms with E-state index in [4.69, 9.17) is 4.74 Å². The molecule has 1 saturated heterocycles. The second-order valence-electron chi connectivity index (χ2n) is 4.69. The minimum atomic E-state index is -0.299. The van der Waals surface area contributed by atoms with Gasteiger partial charge in [0.15, 0.2) is 0 Å². The molecule has 1 aliphatic heterocycles. The molecule has 0 bridgehead atoms. The van der Waals surface area contributed by atoms with Crippen LogP contribution >= 0.6 is 0 Å². The van der Waals surface area contributed by atoms with Crippen molar-refractivity contribution in [2.75, 3.05) is 13.2 Å². The molecular formula is C13H19FN2O. The minimum absolute atomic E-state index is 0.00167. The maximum Gasteiger partial charge on any atom is 0.141 e. The molecule has 94 valence electrons. The molecule has 1 aromatic heterocycles. The van der Waals surface area contributed by atoms with Crippen molar-refractivity contribution in [3.8, 4) is 0 Å². The highest BCUT2D eigenvalue weighted by atomic mass is 19.1. The lowest BCUT2D eigenvalue weighted by Gasteiger charge is -2.34. The Labute approximate surface area is 101 Å². The van der Waals surface area contributed by atoms with Crippen molar-refractivity contribution in [2.45, 2.75) is 38.3 Å². The van der Waals surface area contributed by atoms with Gasteiger partial charge in [0.1, 0.15) is 5.82 Å². The van der Waals surface area contributed by atoms with Crippen LogP contribution in [0.3, 0.4) is 0 Å². The summed E-state index contributed by atoms with van der Waals surface area (Å²) >= 11 is 0. The molecule has 2 unspecified atom stereocenters. The van der Waals surface area contributed by atoms with Crippen molar-refractivity contribution in [2.24, 2.45) is 0 Å². The zero-order valence-corrected chi connectivity index (χ0v) is 10.4. The number of ether oxygens (including phenoxy) is 1. The fourth-order valence-electron chi connectivity index (χ4n) is 2.50. The van der Waals surface area contributed by atoms with Gasteiger partial charge in [-0.3, -0.25) is 4.98 Å². The Morgan fingerprint density at radius 1 is 1.59 bits per heavy atom. The number of nitrogens with zero attached hydrogens (tertiary/aromatic N) is 1. The van der Waals surface area contributed by atoms with E-state index < -0.39 is 0 Å². The van der Waals surface area contributed by atoms with Crippen LogP contribution < -0.4 is 5.32 Å². The summed E-state index contributed by atoms with van der Waals surface area (Å²) in [4.78, 5) is 3.92. The molecule has 2 atom stereocenters. The second-order valence-corrected chi connectivity index (χ2v) is 4.69. The summed E-state index contributed by atoms with van der Waals surface area (Å²) in [5.41, 5.74) is 0.599. The number of pyridine rings is 1. The Morgan fingerprint density at radius 3 is 3.00 bits per heavy atom. The van der Waals surface area contributed by atoms with Crippen LogP contribution in [-0.2, 0) is 4.74 Å². The van der Waals surface area contributed by atoms with E-state index in [1.807, 2.05) is 6.92 Å². The molecule has 1 aromatic rings. The molecule has 1 N–H and O–H groups in total. The fraction of sp³-hybridized carbons (Fsp3) is 0.615. The van der Waals surface area contributed by atoms with E-state index in [9.17, 15) is 4.39 Å². The average molecular weight is 238 g/mol. The molecule has 2 rings (SSSR count). The van der Waals surface area contributed by atoms with E-state index in [1.165, 1.54) is 12.3 Å². The maximum atomic E-state index is 13.2. The molecule has 4 heteroatoms. The summed E-state index contributed by atoms with van der Waals surface area (Å²) in [5, 5.41) is 3.38. The molecule has 0 spiro atoms. The zero-order valence-electron chi connectivity index (χ0n) is 10.4. The van der Waals surface area contributed by atoms with Crippen LogP contribution in [0.1, 0.15) is 38.3 Å². The van der Waals surface area contributed by atoms with E-state index >= 15 is 0 Å². The summed E-state index contributed by atoms with van der Waals surface area (Å²) < 4.78 is 19.1. The van der Waals surface area contributed by atoms with Gasteiger partial charge >= 0.3 is 0 Å². The van der Waals surface area contributed by atoms with Crippen molar-refractivity contribution < 1.29 is 9.13 Å². The van der Waals surface area contributed by atoms with Crippen LogP contribution in [0, 0.1) is 5.82 Å². The van der Waals surface area contributed by atoms with Gasteiger partial charge in [-0.1, -0.05) is 6.92 Å². The van der Waals surface area contributed by atoms with Gasteiger partial charge in [0, 0.05) is 12.8 Å². The summed E-state index contributed by atoms with van der Waals surface area (Å²) in [7, 11) is 0. The lowest BCUT2D eigenvalue weighted by atomic mass is 9.88. The van der Waals surface area contributed by atoms with Gasteiger partial charge in [0.25, 0.3) is 0 Å². The molecule has 1 fully saturated rings. The van der Waals surface area contributed by atoms with Crippen LogP contribution in [0.2, 0.25) is 0 Å². The number of likely N-dealkylation sites (N-methyl/N-ethyl adjacent to an activating group) is 1. The molecule has 0 radical (unpaired) electrons. The summed E-state index contributed by atoms with van der Waals surface area (Å²) in [6, 6.07) is 1.53. The number of nitrogens with one attached hydrogen (secondary N) is 1. The lowest BCUT2D eigenvalue weighted by molar-refractivity contribution is -0.0122. The number of aromatic nitrogens is 1. The Balaban J connectivity index is 2.28. The third-order valence-electron chi connectivity index (χ3n) is 3.33. The largest absolute Gasteiger partial charge is 0.373 e. The molecule has 1 aliphatic rings. The Hall–Kier alpha value is -1.00. The average Bonchev–Trinajstić information content (AvgIpc) is 2.74. The van der Waals surface area contributed by atoms with E-state index in [0.29, 0.717) is 0 Å². The monoisotopic (exact) mass is 238 g/mol. The molecule has 0 aliphatic carbocycles. The Kier molecular flexibility index (Phi) is 3.74. The minimum Gasteiger partial charge on any atom is -0.373 e. The molecule has 0 saturated carbocycles. The summed E-state index contributed by atoms with van der Waals surface area (Å²) in [6.45, 7) is 5.72. The van der Waals surface area contributed by atoms with Gasteiger partial charge in [-0.15, -0.1) is 0 Å². The zero-order chi connectivity index (χ0) is 12.3. The highest BCUT2D eigenvalue weighted by Crippen LogP contribution is 2.37. The first-order valence-electron chi connectivity index (χ1n) is 6.13. The first-order chi connectivity index (χ1) is 8.15. The highest BCUT2D eigenvalue weighted by molar-refractivity contribution is 5.19. The smallest absolute Gasteiger partial charge is 0.141 e. The SMILES string of the molecule is CCNC(c1cncc(F)c1)C1(C)CCCO1. The van der Waals surface area contributed by atoms with E-state index in [1.54, 1.807) is 6.20 Å². The first-order valence-corrected chi connectivity index (χ1v) is 6.13. The van der Waals surface area contributed by atoms with E-state index in [0.717, 1.165) is 31.6 Å². The first kappa shape index (κ1) is 12.5. The number of hydrogen-bond donors (Lipinski definition) is 1. The van der Waals surface area contributed by atoms with Crippen molar-refractivity contribution in [1.82, 2.24) is 10.3 Å². The predicted molar refractivity (Wildman–Crippen MR) is 64.2 cm³/mol. The van der Waals surface area contributed by atoms with Crippen LogP contribution in [0.4, 0.5) is 4.39 Å². The standard InChI is InChI=1S/C13H19FN2O/c1-3-16-12(13(2)5-4-6-17-13)10-7-11(14)9-15-8-10/h7-9,12,16H,3-6H2,1-2H3. The van der Waals surface area contributed by atoms with Gasteiger partial charge in [0.2, 0.25) is 0 Å². The van der Waals surface area contributed by atoms with Gasteiger partial charge in [-0.2, -0.15) is 0 Å². The van der Waals surface area contributed by atoms with Gasteiger partial charge in [-0.05, 0) is 37.9 Å². The van der Waals surface area contributed by atoms with E-state index in [2.05, 4.69) is 17.2 Å². The topological polar surface area (TPSA) is 34.2 Å². The van der Waals surface area contributed by atoms with Crippen LogP contribution in [0.5, 0.6) is 0 Å². The number of halogens is 1. The molecule has 3 nitrogen and oxygen atoms in total. The molecular weight excluding hydrogens is 219 g/mol. The highest BCUT2D eigenvalue weighted by Gasteiger charge is 2.39. The normalized spacial score (nSPS) is 26.1. The second kappa shape index (κ2) is 5.10. The Bertz CT molecular complexity index is 377. The lowest BCUT2D eigenvalue weighted by Crippen LogP contribution is -2.41. The molecule has 0 amide bonds. The van der Waals surface area contributed by atoms with Gasteiger partial charge in [0.05, 0.1) is 17.8 Å². The quantitative estimate of drug-likeness (QED) is 0.874. The number of hydrogen-bond acceptors (Lipinski definition) is 3. The van der Waals surface area contributed by atoms with Gasteiger partial charge in [-0.25, -0.2) is 4.39 Å². The van der Waals surface area contributed by atoms with Crippen LogP contribution in [0.25, 0.3) is 0 Å². The predicted octanol–water partition coefficient (Wildman–Crippen LogP) is 2.44. The summed E-state index contributed by atoms with van der Waals surface area (Å²) in [5.74, 6) is -0.299. The number of rotatable bonds is 4. The maximum absolute atomic E-state index is 13.2. The van der Waals surface area contributed by atoms with Crippen LogP contribution in [0.15, 0.2) is 18.5 Å². The van der Waals surface area contributed by atoms with Crippen molar-refractivity contribution in [1.29, 1.82) is 0 Å². The molecule has 17 heavy (non-hydrogen) atoms. The van der Waals surface area contributed by atoms with Crippen LogP contribution in [-0.4, -0.2) is 23.7 Å². The van der Waals surface area contributed by atoms with E-state index in [-0.39, 0.29) is 17.5 Å². The van der Waals surface area contributed by atoms with Crippen molar-refractivity contribution in [3.63, 3.8) is 0 Å². The molecule has 2 heterocycles. The summed E-state index contributed by atoms with van der Waals surface area (Å²) in [6.07, 6.45) is 4.98. The fourth-order valence-corrected chi connectivity index (χ4v) is 2.50. The van der Waals surface area contributed by atoms with Crippen molar-refractivity contribution >= 4 is 0 Å².